The number of hydrogen-bond acceptors (Lipinski definition) is 1. The van der Waals surface area contributed by atoms with E-state index in [0.717, 1.165) is 6.42 Å². The summed E-state index contributed by atoms with van der Waals surface area (Å²) in [7, 11) is 2.19. The second kappa shape index (κ2) is 2.75. The smallest absolute Gasteiger partial charge is 0.00357 e. The molecule has 1 heteroatoms. The fourth-order valence-corrected chi connectivity index (χ4v) is 1.79. The zero-order valence-electron chi connectivity index (χ0n) is 7.06. The summed E-state index contributed by atoms with van der Waals surface area (Å²) < 4.78 is 0. The Morgan fingerprint density at radius 1 is 1.70 bits per heavy atom. The fraction of sp³-hybridized carbons (Fsp3) is 0.778. The first-order chi connectivity index (χ1) is 4.66. The molecule has 1 aliphatic heterocycles. The summed E-state index contributed by atoms with van der Waals surface area (Å²) in [6.07, 6.45) is 4.53. The molecule has 1 nitrogen and oxygen atoms in total. The number of allylic oxidation sites excluding steroid dienone is 1. The minimum absolute atomic E-state index is 0.524. The molecule has 0 aromatic carbocycles. The third-order valence-electron chi connectivity index (χ3n) is 2.39. The van der Waals surface area contributed by atoms with Gasteiger partial charge in [0.1, 0.15) is 0 Å². The monoisotopic (exact) mass is 139 g/mol. The fourth-order valence-electron chi connectivity index (χ4n) is 1.79. The van der Waals surface area contributed by atoms with Crippen LogP contribution in [0.3, 0.4) is 0 Å². The van der Waals surface area contributed by atoms with Crippen LogP contribution >= 0.6 is 0 Å². The van der Waals surface area contributed by atoms with E-state index in [2.05, 4.69) is 25.5 Å². The maximum atomic E-state index is 3.78. The normalized spacial score (nSPS) is 34.6. The molecule has 0 saturated carbocycles. The van der Waals surface area contributed by atoms with Crippen LogP contribution in [0.4, 0.5) is 0 Å². The highest BCUT2D eigenvalue weighted by Crippen LogP contribution is 2.32. The van der Waals surface area contributed by atoms with Gasteiger partial charge in [0.15, 0.2) is 0 Å². The van der Waals surface area contributed by atoms with Crippen molar-refractivity contribution >= 4 is 0 Å². The molecule has 1 heterocycles. The third kappa shape index (κ3) is 1.60. The van der Waals surface area contributed by atoms with Crippen molar-refractivity contribution in [1.29, 1.82) is 0 Å². The van der Waals surface area contributed by atoms with Crippen LogP contribution in [-0.2, 0) is 0 Å². The molecule has 1 rings (SSSR count). The number of rotatable bonds is 2. The summed E-state index contributed by atoms with van der Waals surface area (Å²) in [6, 6.07) is 0. The van der Waals surface area contributed by atoms with Crippen molar-refractivity contribution in [2.24, 2.45) is 5.41 Å². The molecule has 0 spiro atoms. The van der Waals surface area contributed by atoms with Gasteiger partial charge < -0.3 is 4.90 Å². The van der Waals surface area contributed by atoms with Crippen molar-refractivity contribution in [2.75, 3.05) is 20.1 Å². The van der Waals surface area contributed by atoms with Crippen LogP contribution < -0.4 is 0 Å². The van der Waals surface area contributed by atoms with E-state index < -0.39 is 0 Å². The van der Waals surface area contributed by atoms with E-state index in [4.69, 9.17) is 0 Å². The van der Waals surface area contributed by atoms with Gasteiger partial charge in [-0.2, -0.15) is 0 Å². The molecule has 0 radical (unpaired) electrons. The Hall–Kier alpha value is -0.300. The molecule has 10 heavy (non-hydrogen) atoms. The average molecular weight is 139 g/mol. The zero-order chi connectivity index (χ0) is 7.61. The van der Waals surface area contributed by atoms with Crippen LogP contribution in [0.5, 0.6) is 0 Å². The van der Waals surface area contributed by atoms with E-state index in [9.17, 15) is 0 Å². The first-order valence-electron chi connectivity index (χ1n) is 3.96. The van der Waals surface area contributed by atoms with Crippen molar-refractivity contribution in [3.05, 3.63) is 12.7 Å². The van der Waals surface area contributed by atoms with Gasteiger partial charge in [0, 0.05) is 6.54 Å². The predicted molar refractivity (Wildman–Crippen MR) is 45.0 cm³/mol. The van der Waals surface area contributed by atoms with Gasteiger partial charge in [-0.25, -0.2) is 0 Å². The van der Waals surface area contributed by atoms with Gasteiger partial charge in [-0.1, -0.05) is 13.0 Å². The first-order valence-corrected chi connectivity index (χ1v) is 3.96. The Morgan fingerprint density at radius 2 is 2.40 bits per heavy atom. The number of nitrogens with zero attached hydrogens (tertiary/aromatic N) is 1. The standard InChI is InChI=1S/C9H17N/c1-4-5-9(2)6-7-10(3)8-9/h4H,1,5-8H2,2-3H3. The van der Waals surface area contributed by atoms with E-state index in [0.29, 0.717) is 5.41 Å². The summed E-state index contributed by atoms with van der Waals surface area (Å²) in [5, 5.41) is 0. The van der Waals surface area contributed by atoms with E-state index in [1.807, 2.05) is 6.08 Å². The summed E-state index contributed by atoms with van der Waals surface area (Å²) in [5.74, 6) is 0. The third-order valence-corrected chi connectivity index (χ3v) is 2.39. The maximum absolute atomic E-state index is 3.78. The average Bonchev–Trinajstić information content (AvgIpc) is 2.12. The number of likely N-dealkylation sites (tertiary alicyclic amines) is 1. The summed E-state index contributed by atoms with van der Waals surface area (Å²) in [5.41, 5.74) is 0.524. The molecule has 0 aliphatic carbocycles. The van der Waals surface area contributed by atoms with Crippen LogP contribution in [0, 0.1) is 5.41 Å². The van der Waals surface area contributed by atoms with Crippen molar-refractivity contribution in [3.63, 3.8) is 0 Å². The Balaban J connectivity index is 2.45. The molecule has 0 aromatic rings. The zero-order valence-corrected chi connectivity index (χ0v) is 7.06. The summed E-state index contributed by atoms with van der Waals surface area (Å²) in [4.78, 5) is 2.39. The Morgan fingerprint density at radius 3 is 2.80 bits per heavy atom. The lowest BCUT2D eigenvalue weighted by Gasteiger charge is -2.21. The van der Waals surface area contributed by atoms with Gasteiger partial charge in [-0.3, -0.25) is 0 Å². The molecular weight excluding hydrogens is 122 g/mol. The molecule has 1 atom stereocenters. The van der Waals surface area contributed by atoms with Gasteiger partial charge in [0.05, 0.1) is 0 Å². The molecule has 0 N–H and O–H groups in total. The van der Waals surface area contributed by atoms with Gasteiger partial charge in [0.25, 0.3) is 0 Å². The van der Waals surface area contributed by atoms with Gasteiger partial charge >= 0.3 is 0 Å². The molecule has 1 fully saturated rings. The predicted octanol–water partition coefficient (Wildman–Crippen LogP) is 1.90. The Kier molecular flexibility index (Phi) is 2.14. The van der Waals surface area contributed by atoms with Crippen LogP contribution in [0.15, 0.2) is 12.7 Å². The highest BCUT2D eigenvalue weighted by Gasteiger charge is 2.30. The molecule has 58 valence electrons. The van der Waals surface area contributed by atoms with Gasteiger partial charge in [0.2, 0.25) is 0 Å². The lowest BCUT2D eigenvalue weighted by Crippen LogP contribution is -2.20. The van der Waals surface area contributed by atoms with Crippen LogP contribution in [0.25, 0.3) is 0 Å². The second-order valence-electron chi connectivity index (χ2n) is 3.79. The van der Waals surface area contributed by atoms with Crippen molar-refractivity contribution in [3.8, 4) is 0 Å². The van der Waals surface area contributed by atoms with Crippen LogP contribution in [0.1, 0.15) is 19.8 Å². The topological polar surface area (TPSA) is 3.24 Å². The largest absolute Gasteiger partial charge is 0.306 e. The quantitative estimate of drug-likeness (QED) is 0.528. The molecule has 0 amide bonds. The molecular formula is C9H17N. The Bertz CT molecular complexity index is 131. The van der Waals surface area contributed by atoms with Crippen LogP contribution in [0.2, 0.25) is 0 Å². The van der Waals surface area contributed by atoms with Gasteiger partial charge in [-0.15, -0.1) is 6.58 Å². The van der Waals surface area contributed by atoms with Crippen molar-refractivity contribution in [2.45, 2.75) is 19.8 Å². The van der Waals surface area contributed by atoms with E-state index in [1.54, 1.807) is 0 Å². The molecule has 1 unspecified atom stereocenters. The lowest BCUT2D eigenvalue weighted by atomic mass is 9.86. The molecule has 1 saturated heterocycles. The molecule has 0 bridgehead atoms. The highest BCUT2D eigenvalue weighted by atomic mass is 15.1. The van der Waals surface area contributed by atoms with E-state index in [1.165, 1.54) is 19.5 Å². The molecule has 1 aliphatic rings. The SMILES string of the molecule is C=CCC1(C)CCN(C)C1. The minimum atomic E-state index is 0.524. The molecule has 0 aromatic heterocycles. The van der Waals surface area contributed by atoms with Crippen molar-refractivity contribution < 1.29 is 0 Å². The van der Waals surface area contributed by atoms with Gasteiger partial charge in [-0.05, 0) is 31.8 Å². The van der Waals surface area contributed by atoms with Crippen LogP contribution in [-0.4, -0.2) is 25.0 Å². The Labute approximate surface area is 63.7 Å². The minimum Gasteiger partial charge on any atom is -0.306 e. The maximum Gasteiger partial charge on any atom is 0.00357 e. The number of hydrogen-bond donors (Lipinski definition) is 0. The second-order valence-corrected chi connectivity index (χ2v) is 3.79. The summed E-state index contributed by atoms with van der Waals surface area (Å²) >= 11 is 0. The van der Waals surface area contributed by atoms with E-state index in [-0.39, 0.29) is 0 Å². The lowest BCUT2D eigenvalue weighted by molar-refractivity contribution is 0.313. The first kappa shape index (κ1) is 7.80. The van der Waals surface area contributed by atoms with Crippen molar-refractivity contribution in [1.82, 2.24) is 4.90 Å². The van der Waals surface area contributed by atoms with E-state index >= 15 is 0 Å². The highest BCUT2D eigenvalue weighted by molar-refractivity contribution is 4.89. The summed E-state index contributed by atoms with van der Waals surface area (Å²) in [6.45, 7) is 8.61.